The zero-order valence-electron chi connectivity index (χ0n) is 8.05. The first kappa shape index (κ1) is 11.9. The number of alkyl halides is 2. The fraction of sp³-hybridized carbons (Fsp3) is 0.889. The van der Waals surface area contributed by atoms with Crippen LogP contribution in [0.25, 0.3) is 0 Å². The van der Waals surface area contributed by atoms with Crippen molar-refractivity contribution >= 4 is 29.3 Å². The van der Waals surface area contributed by atoms with Gasteiger partial charge in [-0.3, -0.25) is 0 Å². The van der Waals surface area contributed by atoms with Crippen LogP contribution in [0.1, 0.15) is 19.3 Å². The number of hydrogen-bond acceptors (Lipinski definition) is 2. The lowest BCUT2D eigenvalue weighted by molar-refractivity contribution is 0.0733. The lowest BCUT2D eigenvalue weighted by atomic mass is 10.1. The highest BCUT2D eigenvalue weighted by Crippen LogP contribution is 2.11. The van der Waals surface area contributed by atoms with Gasteiger partial charge >= 0.3 is 6.09 Å². The van der Waals surface area contributed by atoms with Crippen molar-refractivity contribution in [3.8, 4) is 0 Å². The zero-order valence-corrected chi connectivity index (χ0v) is 9.56. The fourth-order valence-corrected chi connectivity index (χ4v) is 1.85. The number of amides is 1. The molecule has 0 radical (unpaired) electrons. The van der Waals surface area contributed by atoms with Crippen molar-refractivity contribution < 1.29 is 9.53 Å². The van der Waals surface area contributed by atoms with Crippen LogP contribution in [0.2, 0.25) is 0 Å². The first-order valence-corrected chi connectivity index (χ1v) is 5.92. The van der Waals surface area contributed by atoms with Gasteiger partial charge in [-0.25, -0.2) is 4.79 Å². The molecule has 1 amide bonds. The number of nitrogens with zero attached hydrogens (tertiary/aromatic N) is 1. The molecule has 0 saturated carbocycles. The van der Waals surface area contributed by atoms with Crippen LogP contribution in [-0.2, 0) is 4.74 Å². The first-order chi connectivity index (χ1) is 6.77. The largest absolute Gasteiger partial charge is 0.444 e. The zero-order chi connectivity index (χ0) is 10.4. The molecule has 1 fully saturated rings. The third-order valence-electron chi connectivity index (χ3n) is 2.23. The van der Waals surface area contributed by atoms with E-state index in [2.05, 4.69) is 0 Å². The van der Waals surface area contributed by atoms with E-state index in [9.17, 15) is 4.79 Å². The molecule has 0 N–H and O–H groups in total. The van der Waals surface area contributed by atoms with Crippen LogP contribution in [0.4, 0.5) is 4.79 Å². The maximum absolute atomic E-state index is 11.5. The van der Waals surface area contributed by atoms with Gasteiger partial charge in [-0.2, -0.15) is 0 Å². The molecule has 1 saturated heterocycles. The Morgan fingerprint density at radius 1 is 1.21 bits per heavy atom. The summed E-state index contributed by atoms with van der Waals surface area (Å²) >= 11 is 11.1. The van der Waals surface area contributed by atoms with Crippen LogP contribution in [-0.4, -0.2) is 41.9 Å². The van der Waals surface area contributed by atoms with Gasteiger partial charge in [0.15, 0.2) is 0 Å². The van der Waals surface area contributed by atoms with Crippen molar-refractivity contribution in [1.29, 1.82) is 0 Å². The van der Waals surface area contributed by atoms with E-state index in [0.29, 0.717) is 0 Å². The molecule has 1 heterocycles. The van der Waals surface area contributed by atoms with E-state index in [4.69, 9.17) is 27.9 Å². The molecule has 0 unspecified atom stereocenters. The predicted octanol–water partition coefficient (Wildman–Crippen LogP) is 2.46. The molecule has 0 aromatic rings. The number of likely N-dealkylation sites (tertiary alicyclic amines) is 1. The first-order valence-electron chi connectivity index (χ1n) is 4.85. The number of carbonyl (C=O) groups excluding carboxylic acids is 1. The smallest absolute Gasteiger partial charge is 0.410 e. The number of ether oxygens (including phenoxy) is 1. The monoisotopic (exact) mass is 239 g/mol. The fourth-order valence-electron chi connectivity index (χ4n) is 1.40. The number of halogens is 2. The van der Waals surface area contributed by atoms with E-state index in [-0.39, 0.29) is 24.0 Å². The maximum atomic E-state index is 11.5. The van der Waals surface area contributed by atoms with Crippen LogP contribution in [0.15, 0.2) is 0 Å². The number of rotatable bonds is 3. The molecule has 3 nitrogen and oxygen atoms in total. The Morgan fingerprint density at radius 2 is 1.79 bits per heavy atom. The molecule has 1 aliphatic heterocycles. The lowest BCUT2D eigenvalue weighted by Gasteiger charge is -2.27. The summed E-state index contributed by atoms with van der Waals surface area (Å²) in [4.78, 5) is 13.2. The highest BCUT2D eigenvalue weighted by atomic mass is 35.5. The summed E-state index contributed by atoms with van der Waals surface area (Å²) < 4.78 is 5.11. The normalized spacial score (nSPS) is 17.2. The minimum absolute atomic E-state index is 0.253. The summed E-state index contributed by atoms with van der Waals surface area (Å²) in [5, 5.41) is 0. The molecule has 0 aliphatic carbocycles. The summed E-state index contributed by atoms with van der Waals surface area (Å²) in [5.41, 5.74) is 0. The molecule has 14 heavy (non-hydrogen) atoms. The predicted molar refractivity (Wildman–Crippen MR) is 57.1 cm³/mol. The second-order valence-corrected chi connectivity index (χ2v) is 3.98. The Bertz CT molecular complexity index is 180. The minimum Gasteiger partial charge on any atom is -0.444 e. The van der Waals surface area contributed by atoms with Gasteiger partial charge in [-0.1, -0.05) is 0 Å². The molecular formula is C9H15Cl2NO2. The second kappa shape index (κ2) is 6.36. The average molecular weight is 240 g/mol. The summed E-state index contributed by atoms with van der Waals surface area (Å²) in [6.07, 6.45) is 2.66. The molecule has 0 aromatic heterocycles. The van der Waals surface area contributed by atoms with Crippen LogP contribution in [0, 0.1) is 0 Å². The van der Waals surface area contributed by atoms with Crippen LogP contribution < -0.4 is 0 Å². The molecule has 0 bridgehead atoms. The molecule has 82 valence electrons. The van der Waals surface area contributed by atoms with Gasteiger partial charge in [0.2, 0.25) is 0 Å². The Hall–Kier alpha value is -0.150. The number of carbonyl (C=O) groups is 1. The quantitative estimate of drug-likeness (QED) is 0.709. The Kier molecular flexibility index (Phi) is 5.41. The van der Waals surface area contributed by atoms with Crippen molar-refractivity contribution in [2.75, 3.05) is 24.8 Å². The van der Waals surface area contributed by atoms with Crippen LogP contribution in [0.5, 0.6) is 0 Å². The average Bonchev–Trinajstić information content (AvgIpc) is 2.26. The van der Waals surface area contributed by atoms with Crippen molar-refractivity contribution in [3.05, 3.63) is 0 Å². The second-order valence-electron chi connectivity index (χ2n) is 3.36. The third kappa shape index (κ3) is 3.54. The lowest BCUT2D eigenvalue weighted by Crippen LogP contribution is -2.38. The van der Waals surface area contributed by atoms with E-state index in [1.807, 2.05) is 0 Å². The number of piperidine rings is 1. The van der Waals surface area contributed by atoms with Crippen LogP contribution >= 0.6 is 23.2 Å². The van der Waals surface area contributed by atoms with Gasteiger partial charge in [-0.15, -0.1) is 23.2 Å². The molecule has 0 atom stereocenters. The van der Waals surface area contributed by atoms with Gasteiger partial charge in [0.1, 0.15) is 6.10 Å². The van der Waals surface area contributed by atoms with E-state index in [1.165, 1.54) is 6.42 Å². The highest BCUT2D eigenvalue weighted by molar-refractivity contribution is 6.21. The van der Waals surface area contributed by atoms with Crippen LogP contribution in [0.3, 0.4) is 0 Å². The van der Waals surface area contributed by atoms with E-state index >= 15 is 0 Å². The highest BCUT2D eigenvalue weighted by Gasteiger charge is 2.20. The molecule has 0 spiro atoms. The van der Waals surface area contributed by atoms with Gasteiger partial charge in [0.25, 0.3) is 0 Å². The summed E-state index contributed by atoms with van der Waals surface area (Å²) in [7, 11) is 0. The SMILES string of the molecule is O=C(OC(CCl)CCl)N1CCCCC1. The third-order valence-corrected chi connectivity index (χ3v) is 2.91. The van der Waals surface area contributed by atoms with Gasteiger partial charge in [-0.05, 0) is 19.3 Å². The molecule has 5 heteroatoms. The summed E-state index contributed by atoms with van der Waals surface area (Å²) in [6.45, 7) is 1.58. The van der Waals surface area contributed by atoms with Crippen molar-refractivity contribution in [1.82, 2.24) is 4.90 Å². The Labute approximate surface area is 94.3 Å². The molecule has 1 aliphatic rings. The Balaban J connectivity index is 2.32. The number of hydrogen-bond donors (Lipinski definition) is 0. The van der Waals surface area contributed by atoms with Gasteiger partial charge in [0.05, 0.1) is 11.8 Å². The summed E-state index contributed by atoms with van der Waals surface area (Å²) in [5.74, 6) is 0.506. The van der Waals surface area contributed by atoms with E-state index < -0.39 is 0 Å². The molecular weight excluding hydrogens is 225 g/mol. The van der Waals surface area contributed by atoms with Crippen molar-refractivity contribution in [2.45, 2.75) is 25.4 Å². The molecule has 1 rings (SSSR count). The van der Waals surface area contributed by atoms with E-state index in [0.717, 1.165) is 25.9 Å². The minimum atomic E-state index is -0.368. The van der Waals surface area contributed by atoms with Gasteiger partial charge < -0.3 is 9.64 Å². The Morgan fingerprint density at radius 3 is 2.29 bits per heavy atom. The molecule has 0 aromatic carbocycles. The summed E-state index contributed by atoms with van der Waals surface area (Å²) in [6, 6.07) is 0. The van der Waals surface area contributed by atoms with Gasteiger partial charge in [0, 0.05) is 13.1 Å². The maximum Gasteiger partial charge on any atom is 0.410 e. The topological polar surface area (TPSA) is 29.5 Å². The standard InChI is InChI=1S/C9H15Cl2NO2/c10-6-8(7-11)14-9(13)12-4-2-1-3-5-12/h8H,1-7H2. The van der Waals surface area contributed by atoms with E-state index in [1.54, 1.807) is 4.90 Å². The van der Waals surface area contributed by atoms with Crippen molar-refractivity contribution in [2.24, 2.45) is 0 Å². The van der Waals surface area contributed by atoms with Crippen molar-refractivity contribution in [3.63, 3.8) is 0 Å².